The molecule has 248 valence electrons. The summed E-state index contributed by atoms with van der Waals surface area (Å²) in [5.74, 6) is -2.34. The fourth-order valence-corrected chi connectivity index (χ4v) is 7.94. The first-order valence-corrected chi connectivity index (χ1v) is 19.3. The molecule has 0 atom stereocenters. The number of anilines is 2. The average molecular weight is 845 g/mol. The topological polar surface area (TPSA) is 161 Å². The summed E-state index contributed by atoms with van der Waals surface area (Å²) in [6, 6.07) is 11.4. The van der Waals surface area contributed by atoms with Gasteiger partial charge in [-0.2, -0.15) is 16.8 Å². The summed E-state index contributed by atoms with van der Waals surface area (Å²) in [5, 5.41) is 27.1. The van der Waals surface area contributed by atoms with Crippen molar-refractivity contribution in [3.8, 4) is 0 Å². The Bertz CT molecular complexity index is 1820. The predicted molar refractivity (Wildman–Crippen MR) is 181 cm³/mol. The number of halogens is 2. The molecule has 10 nitrogen and oxygen atoms in total. The molecule has 5 rings (SSSR count). The van der Waals surface area contributed by atoms with Crippen LogP contribution in [-0.2, 0) is 31.1 Å². The van der Waals surface area contributed by atoms with Crippen LogP contribution in [0, 0.1) is 0 Å². The maximum atomic E-state index is 13.5. The first-order valence-electron chi connectivity index (χ1n) is 14.5. The van der Waals surface area contributed by atoms with E-state index in [1.54, 1.807) is 0 Å². The molecule has 0 unspecified atom stereocenters. The molecule has 2 aliphatic heterocycles. The fraction of sp³-hybridized carbons (Fsp3) is 0.375. The van der Waals surface area contributed by atoms with E-state index in [0.717, 1.165) is 31.4 Å². The van der Waals surface area contributed by atoms with Crippen LogP contribution >= 0.6 is 31.9 Å². The number of hydrogen-bond acceptors (Lipinski definition) is 8. The summed E-state index contributed by atoms with van der Waals surface area (Å²) in [5.41, 5.74) is 3.41. The number of nitrogens with zero attached hydrogens (tertiary/aromatic N) is 2. The summed E-state index contributed by atoms with van der Waals surface area (Å²) in [6.07, 6.45) is 2.50. The molecule has 0 aromatic heterocycles. The van der Waals surface area contributed by atoms with E-state index in [1.165, 1.54) is 12.2 Å². The van der Waals surface area contributed by atoms with Crippen molar-refractivity contribution < 1.29 is 95.3 Å². The number of hydrogen-bond donors (Lipinski definition) is 2. The van der Waals surface area contributed by atoms with Gasteiger partial charge in [0.25, 0.3) is 20.2 Å². The maximum Gasteiger partial charge on any atom is 1.00 e. The molecule has 0 saturated heterocycles. The van der Waals surface area contributed by atoms with Crippen molar-refractivity contribution in [3.05, 3.63) is 103 Å². The number of fused-ring (bicyclic) bond motifs is 2. The van der Waals surface area contributed by atoms with Gasteiger partial charge in [-0.25, -0.2) is 0 Å². The average Bonchev–Trinajstić information content (AvgIpc) is 3.35. The molecule has 1 aliphatic carbocycles. The summed E-state index contributed by atoms with van der Waals surface area (Å²) < 4.78 is 67.7. The van der Waals surface area contributed by atoms with Crippen LogP contribution < -0.4 is 79.1 Å². The largest absolute Gasteiger partial charge is 1.00 e. The third-order valence-corrected chi connectivity index (χ3v) is 11.0. The maximum absolute atomic E-state index is 13.5. The van der Waals surface area contributed by atoms with Crippen molar-refractivity contribution in [1.82, 2.24) is 0 Å². The van der Waals surface area contributed by atoms with Crippen LogP contribution in [0.4, 0.5) is 11.4 Å². The van der Waals surface area contributed by atoms with Gasteiger partial charge in [0.2, 0.25) is 0 Å². The second-order valence-electron chi connectivity index (χ2n) is 13.1. The number of rotatable bonds is 10. The molecule has 0 spiro atoms. The van der Waals surface area contributed by atoms with Crippen molar-refractivity contribution >= 4 is 63.5 Å². The van der Waals surface area contributed by atoms with Gasteiger partial charge in [-0.3, -0.25) is 9.11 Å². The van der Waals surface area contributed by atoms with Crippen molar-refractivity contribution in [2.45, 2.75) is 51.4 Å². The Labute approximate surface area is 343 Å². The van der Waals surface area contributed by atoms with Gasteiger partial charge >= 0.3 is 59.1 Å². The van der Waals surface area contributed by atoms with Crippen LogP contribution in [-0.4, -0.2) is 50.5 Å². The van der Waals surface area contributed by atoms with E-state index in [2.05, 4.69) is 31.9 Å². The zero-order valence-electron chi connectivity index (χ0n) is 27.7. The van der Waals surface area contributed by atoms with Gasteiger partial charge in [0, 0.05) is 68.5 Å². The minimum atomic E-state index is -4.35. The van der Waals surface area contributed by atoms with Gasteiger partial charge in [-0.05, 0) is 70.8 Å². The zero-order valence-corrected chi connectivity index (χ0v) is 36.5. The van der Waals surface area contributed by atoms with Gasteiger partial charge in [-0.15, -0.1) is 0 Å². The normalized spacial score (nSPS) is 18.7. The molecular formula is C32H34Br2N2Na2O8S2. The summed E-state index contributed by atoms with van der Waals surface area (Å²) >= 11 is 6.99. The quantitative estimate of drug-likeness (QED) is 0.217. The first-order chi connectivity index (χ1) is 21.2. The first kappa shape index (κ1) is 41.8. The van der Waals surface area contributed by atoms with Crippen molar-refractivity contribution in [2.75, 3.05) is 34.4 Å². The predicted octanol–water partition coefficient (Wildman–Crippen LogP) is -1.32. The summed E-state index contributed by atoms with van der Waals surface area (Å²) in [6.45, 7) is 9.03. The Balaban J connectivity index is 0.00000312. The fourth-order valence-electron chi connectivity index (χ4n) is 6.28. The molecule has 0 fully saturated rings. The summed E-state index contributed by atoms with van der Waals surface area (Å²) in [7, 11) is -8.70. The molecule has 2 heterocycles. The SMILES string of the molecule is CC1(C)CN(/C(=C/C2=C([O-])C(/C=C(\CCS(=O)(=O)O)N3CC(C)(C)c4cc(Br)ccc43)=C2[O-])CCS(=O)(=O)O)c2ccc(Br)cc21.[Na+].[Na+]. The Hall–Kier alpha value is -0.620. The molecular weight excluding hydrogens is 810 g/mol. The smallest absolute Gasteiger partial charge is 0.872 e. The van der Waals surface area contributed by atoms with Crippen molar-refractivity contribution in [1.29, 1.82) is 0 Å². The van der Waals surface area contributed by atoms with Gasteiger partial charge in [-0.1, -0.05) is 71.1 Å². The molecule has 16 heteroatoms. The Morgan fingerprint density at radius 3 is 1.38 bits per heavy atom. The third-order valence-electron chi connectivity index (χ3n) is 8.59. The third kappa shape index (κ3) is 9.05. The molecule has 0 bridgehead atoms. The molecule has 2 N–H and O–H groups in total. The van der Waals surface area contributed by atoms with E-state index in [4.69, 9.17) is 0 Å². The van der Waals surface area contributed by atoms with Crippen LogP contribution in [0.2, 0.25) is 0 Å². The molecule has 0 saturated carbocycles. The number of allylic oxidation sites excluding steroid dienone is 4. The molecule has 48 heavy (non-hydrogen) atoms. The monoisotopic (exact) mass is 842 g/mol. The Morgan fingerprint density at radius 1 is 0.729 bits per heavy atom. The summed E-state index contributed by atoms with van der Waals surface area (Å²) in [4.78, 5) is 3.74. The van der Waals surface area contributed by atoms with Gasteiger partial charge in [0.1, 0.15) is 0 Å². The van der Waals surface area contributed by atoms with E-state index in [0.29, 0.717) is 24.5 Å². The van der Waals surface area contributed by atoms with Crippen LogP contribution in [0.25, 0.3) is 0 Å². The molecule has 0 amide bonds. The minimum absolute atomic E-state index is 0. The Kier molecular flexibility index (Phi) is 13.2. The van der Waals surface area contributed by atoms with E-state index >= 15 is 0 Å². The molecule has 2 aromatic carbocycles. The van der Waals surface area contributed by atoms with E-state index in [9.17, 15) is 36.2 Å². The Morgan fingerprint density at radius 2 is 1.06 bits per heavy atom. The molecule has 3 aliphatic rings. The zero-order chi connectivity index (χ0) is 34.0. The van der Waals surface area contributed by atoms with Gasteiger partial charge in [0.15, 0.2) is 0 Å². The van der Waals surface area contributed by atoms with Crippen LogP contribution in [0.1, 0.15) is 51.7 Å². The minimum Gasteiger partial charge on any atom is -0.872 e. The van der Waals surface area contributed by atoms with E-state index in [1.807, 2.05) is 73.9 Å². The molecule has 0 radical (unpaired) electrons. The standard InChI is InChI=1S/C32H36Br2N2O8S2.2Na/c1-31(2)17-35(27-7-5-19(33)13-25(27)31)21(9-11-45(39,40)41)15-23-29(37)24(30(23)38)16-22(10-12-46(42,43)44)36-18-32(3,4)26-14-20(34)6-8-28(26)36;;/h5-8,13-16,37-38H,9-12,17-18H2,1-4H3,(H,39,40,41)(H,42,43,44);;/q;2*+1/p-2/b21-15+,22-16+;;. The van der Waals surface area contributed by atoms with E-state index in [-0.39, 0.29) is 93.9 Å². The van der Waals surface area contributed by atoms with Gasteiger partial charge < -0.3 is 20.0 Å². The van der Waals surface area contributed by atoms with Crippen LogP contribution in [0.15, 0.2) is 91.6 Å². The van der Waals surface area contributed by atoms with Crippen molar-refractivity contribution in [3.63, 3.8) is 0 Å². The second-order valence-corrected chi connectivity index (χ2v) is 18.1. The van der Waals surface area contributed by atoms with Gasteiger partial charge in [0.05, 0.1) is 11.5 Å². The number of benzene rings is 2. The van der Waals surface area contributed by atoms with Crippen LogP contribution in [0.5, 0.6) is 0 Å². The van der Waals surface area contributed by atoms with E-state index < -0.39 is 43.3 Å². The molecule has 2 aromatic rings. The van der Waals surface area contributed by atoms with Crippen LogP contribution in [0.3, 0.4) is 0 Å². The second kappa shape index (κ2) is 15.2. The van der Waals surface area contributed by atoms with Crippen molar-refractivity contribution in [2.24, 2.45) is 0 Å².